The van der Waals surface area contributed by atoms with Gasteiger partial charge in [0.15, 0.2) is 10.4 Å². The average Bonchev–Trinajstić information content (AvgIpc) is 2.63. The average molecular weight is 300 g/mol. The van der Waals surface area contributed by atoms with Crippen LogP contribution in [0, 0.1) is 0 Å². The molecule has 0 bridgehead atoms. The summed E-state index contributed by atoms with van der Waals surface area (Å²) in [4.78, 5) is 37.7. The molecule has 0 aliphatic rings. The Balaban J connectivity index is 2.24. The van der Waals surface area contributed by atoms with Crippen LogP contribution >= 0.6 is 15.9 Å². The Morgan fingerprint density at radius 3 is 2.65 bits per heavy atom. The number of hydrogen-bond acceptors (Lipinski definition) is 4. The van der Waals surface area contributed by atoms with Crippen molar-refractivity contribution in [2.24, 2.45) is 0 Å². The molecular formula is C9H6BrN3O4. The van der Waals surface area contributed by atoms with Crippen LogP contribution in [0.5, 0.6) is 0 Å². The largest absolute Gasteiger partial charge is 0.444 e. The van der Waals surface area contributed by atoms with E-state index in [2.05, 4.69) is 26.2 Å². The molecule has 0 aliphatic carbocycles. The van der Waals surface area contributed by atoms with E-state index >= 15 is 0 Å². The molecule has 0 fully saturated rings. The summed E-state index contributed by atoms with van der Waals surface area (Å²) in [6, 6.07) is 4.05. The van der Waals surface area contributed by atoms with Crippen molar-refractivity contribution in [1.82, 2.24) is 9.97 Å². The first-order chi connectivity index (χ1) is 8.04. The summed E-state index contributed by atoms with van der Waals surface area (Å²) >= 11 is 3.05. The highest BCUT2D eigenvalue weighted by Crippen LogP contribution is 2.14. The van der Waals surface area contributed by atoms with E-state index in [9.17, 15) is 14.4 Å². The van der Waals surface area contributed by atoms with Crippen molar-refractivity contribution in [3.63, 3.8) is 0 Å². The summed E-state index contributed by atoms with van der Waals surface area (Å²) in [5.74, 6) is -0.522. The van der Waals surface area contributed by atoms with Gasteiger partial charge < -0.3 is 9.73 Å². The lowest BCUT2D eigenvalue weighted by atomic mass is 10.4. The smallest absolute Gasteiger partial charge is 0.327 e. The summed E-state index contributed by atoms with van der Waals surface area (Å²) in [5.41, 5.74) is -1.31. The van der Waals surface area contributed by atoms with Crippen LogP contribution in [0.4, 0.5) is 5.82 Å². The number of halogens is 1. The Morgan fingerprint density at radius 2 is 2.06 bits per heavy atom. The third-order valence-electron chi connectivity index (χ3n) is 1.81. The van der Waals surface area contributed by atoms with Crippen molar-refractivity contribution in [1.29, 1.82) is 0 Å². The molecule has 0 saturated carbocycles. The molecule has 2 heterocycles. The molecule has 0 aromatic carbocycles. The number of nitrogens with one attached hydrogen (secondary N) is 3. The van der Waals surface area contributed by atoms with E-state index < -0.39 is 17.2 Å². The van der Waals surface area contributed by atoms with Crippen molar-refractivity contribution in [2.75, 3.05) is 5.32 Å². The van der Waals surface area contributed by atoms with E-state index in [0.717, 1.165) is 6.07 Å². The predicted octanol–water partition coefficient (Wildman–Crippen LogP) is 0.671. The summed E-state index contributed by atoms with van der Waals surface area (Å²) in [7, 11) is 0. The van der Waals surface area contributed by atoms with Crippen LogP contribution in [0.1, 0.15) is 10.6 Å². The zero-order valence-corrected chi connectivity index (χ0v) is 9.83. The SMILES string of the molecule is O=C(Nc1cc(=O)[nH]c(=O)[nH]1)c1ccc(Br)o1. The highest BCUT2D eigenvalue weighted by atomic mass is 79.9. The van der Waals surface area contributed by atoms with Crippen LogP contribution in [0.3, 0.4) is 0 Å². The van der Waals surface area contributed by atoms with E-state index in [4.69, 9.17) is 4.42 Å². The monoisotopic (exact) mass is 299 g/mol. The summed E-state index contributed by atoms with van der Waals surface area (Å²) < 4.78 is 5.41. The van der Waals surface area contributed by atoms with Crippen molar-refractivity contribution >= 4 is 27.7 Å². The molecule has 0 atom stereocenters. The molecule has 8 heteroatoms. The lowest BCUT2D eigenvalue weighted by Crippen LogP contribution is -2.24. The molecular weight excluding hydrogens is 294 g/mol. The fourth-order valence-electron chi connectivity index (χ4n) is 1.16. The zero-order valence-electron chi connectivity index (χ0n) is 8.24. The Kier molecular flexibility index (Phi) is 2.96. The number of amides is 1. The van der Waals surface area contributed by atoms with Gasteiger partial charge in [-0.1, -0.05) is 0 Å². The molecule has 2 rings (SSSR count). The van der Waals surface area contributed by atoms with Gasteiger partial charge in [-0.05, 0) is 28.1 Å². The molecule has 1 amide bonds. The van der Waals surface area contributed by atoms with Gasteiger partial charge in [-0.15, -0.1) is 0 Å². The number of rotatable bonds is 2. The fraction of sp³-hybridized carbons (Fsp3) is 0. The maximum Gasteiger partial charge on any atom is 0.327 e. The zero-order chi connectivity index (χ0) is 12.4. The summed E-state index contributed by atoms with van der Waals surface area (Å²) in [6.07, 6.45) is 0. The van der Waals surface area contributed by atoms with Crippen LogP contribution in [-0.4, -0.2) is 15.9 Å². The fourth-order valence-corrected chi connectivity index (χ4v) is 1.46. The van der Waals surface area contributed by atoms with Crippen LogP contribution < -0.4 is 16.6 Å². The molecule has 0 radical (unpaired) electrons. The van der Waals surface area contributed by atoms with Crippen molar-refractivity contribution in [3.05, 3.63) is 49.5 Å². The van der Waals surface area contributed by atoms with Gasteiger partial charge in [0.1, 0.15) is 5.82 Å². The number of aromatic nitrogens is 2. The van der Waals surface area contributed by atoms with Crippen LogP contribution in [0.25, 0.3) is 0 Å². The Bertz CT molecular complexity index is 641. The first-order valence-electron chi connectivity index (χ1n) is 4.45. The van der Waals surface area contributed by atoms with Gasteiger partial charge in [0.2, 0.25) is 0 Å². The van der Waals surface area contributed by atoms with E-state index in [1.54, 1.807) is 6.07 Å². The summed E-state index contributed by atoms with van der Waals surface area (Å²) in [5, 5.41) is 2.32. The second-order valence-electron chi connectivity index (χ2n) is 3.06. The first-order valence-corrected chi connectivity index (χ1v) is 5.24. The van der Waals surface area contributed by atoms with Crippen molar-refractivity contribution < 1.29 is 9.21 Å². The third-order valence-corrected chi connectivity index (χ3v) is 2.23. The van der Waals surface area contributed by atoms with Gasteiger partial charge in [-0.2, -0.15) is 0 Å². The molecule has 88 valence electrons. The minimum absolute atomic E-state index is 0.00345. The van der Waals surface area contributed by atoms with Gasteiger partial charge >= 0.3 is 5.69 Å². The number of hydrogen-bond donors (Lipinski definition) is 3. The first kappa shape index (κ1) is 11.4. The quantitative estimate of drug-likeness (QED) is 0.757. The predicted molar refractivity (Wildman–Crippen MR) is 62.0 cm³/mol. The molecule has 0 spiro atoms. The normalized spacial score (nSPS) is 10.2. The molecule has 17 heavy (non-hydrogen) atoms. The lowest BCUT2D eigenvalue weighted by molar-refractivity contribution is 0.0995. The lowest BCUT2D eigenvalue weighted by Gasteiger charge is -2.00. The van der Waals surface area contributed by atoms with Gasteiger partial charge in [-0.25, -0.2) is 4.79 Å². The van der Waals surface area contributed by atoms with Crippen LogP contribution in [-0.2, 0) is 0 Å². The third kappa shape index (κ3) is 2.72. The second-order valence-corrected chi connectivity index (χ2v) is 3.84. The molecule has 2 aromatic heterocycles. The van der Waals surface area contributed by atoms with Crippen molar-refractivity contribution in [2.45, 2.75) is 0 Å². The topological polar surface area (TPSA) is 108 Å². The van der Waals surface area contributed by atoms with E-state index in [0.29, 0.717) is 4.67 Å². The Labute approximate surface area is 102 Å². The second kappa shape index (κ2) is 4.42. The molecule has 3 N–H and O–H groups in total. The van der Waals surface area contributed by atoms with Crippen LogP contribution in [0.2, 0.25) is 0 Å². The van der Waals surface area contributed by atoms with Gasteiger partial charge in [0.25, 0.3) is 11.5 Å². The maximum absolute atomic E-state index is 11.6. The molecule has 7 nitrogen and oxygen atoms in total. The minimum Gasteiger partial charge on any atom is -0.444 e. The molecule has 0 saturated heterocycles. The highest BCUT2D eigenvalue weighted by molar-refractivity contribution is 9.10. The Hall–Kier alpha value is -2.09. The maximum atomic E-state index is 11.6. The van der Waals surface area contributed by atoms with Crippen LogP contribution in [0.15, 0.2) is 36.9 Å². The number of carbonyl (C=O) groups excluding carboxylic acids is 1. The highest BCUT2D eigenvalue weighted by Gasteiger charge is 2.11. The molecule has 0 unspecified atom stereocenters. The Morgan fingerprint density at radius 1 is 1.29 bits per heavy atom. The minimum atomic E-state index is -0.701. The van der Waals surface area contributed by atoms with E-state index in [1.165, 1.54) is 6.07 Å². The van der Waals surface area contributed by atoms with Gasteiger partial charge in [0.05, 0.1) is 0 Å². The molecule has 2 aromatic rings. The van der Waals surface area contributed by atoms with Crippen molar-refractivity contribution in [3.8, 4) is 0 Å². The standard InChI is InChI=1S/C9H6BrN3O4/c10-5-2-1-4(17-5)8(15)11-6-3-7(14)13-9(16)12-6/h1-3H,(H3,11,12,13,14,15,16). The number of furan rings is 1. The van der Waals surface area contributed by atoms with E-state index in [1.807, 2.05) is 4.98 Å². The van der Waals surface area contributed by atoms with E-state index in [-0.39, 0.29) is 11.6 Å². The van der Waals surface area contributed by atoms with Gasteiger partial charge in [0, 0.05) is 6.07 Å². The number of H-pyrrole nitrogens is 2. The number of carbonyl (C=O) groups is 1. The number of aromatic amines is 2. The molecule has 0 aliphatic heterocycles. The number of anilines is 1. The summed E-state index contributed by atoms with van der Waals surface area (Å²) in [6.45, 7) is 0. The van der Waals surface area contributed by atoms with Gasteiger partial charge in [-0.3, -0.25) is 19.6 Å².